The predicted octanol–water partition coefficient (Wildman–Crippen LogP) is 2.22. The first-order valence-corrected chi connectivity index (χ1v) is 5.30. The highest BCUT2D eigenvalue weighted by atomic mass is 16.2. The van der Waals surface area contributed by atoms with Crippen molar-refractivity contribution in [3.05, 3.63) is 11.6 Å². The minimum absolute atomic E-state index is 0.309. The van der Waals surface area contributed by atoms with E-state index in [0.29, 0.717) is 0 Å². The molecule has 0 heterocycles. The zero-order valence-electron chi connectivity index (χ0n) is 10.3. The van der Waals surface area contributed by atoms with E-state index < -0.39 is 11.7 Å². The van der Waals surface area contributed by atoms with Crippen molar-refractivity contribution in [2.75, 3.05) is 0 Å². The Labute approximate surface area is 91.9 Å². The van der Waals surface area contributed by atoms with E-state index in [0.717, 1.165) is 18.4 Å². The van der Waals surface area contributed by atoms with Gasteiger partial charge in [0.05, 0.1) is 0 Å². The average Bonchev–Trinajstić information content (AvgIpc) is 2.01. The minimum Gasteiger partial charge on any atom is -0.344 e. The lowest BCUT2D eigenvalue weighted by atomic mass is 9.98. The summed E-state index contributed by atoms with van der Waals surface area (Å²) in [5.74, 6) is -0.992. The fourth-order valence-corrected chi connectivity index (χ4v) is 1.38. The minimum atomic E-state index is -0.519. The van der Waals surface area contributed by atoms with Crippen LogP contribution in [-0.4, -0.2) is 17.2 Å². The molecule has 0 radical (unpaired) electrons. The quantitative estimate of drug-likeness (QED) is 0.560. The number of hydrogen-bond acceptors (Lipinski definition) is 2. The summed E-state index contributed by atoms with van der Waals surface area (Å²) in [7, 11) is 0. The van der Waals surface area contributed by atoms with Crippen LogP contribution < -0.4 is 5.32 Å². The van der Waals surface area contributed by atoms with Gasteiger partial charge in [-0.05, 0) is 40.2 Å². The maximum atomic E-state index is 11.5. The lowest BCUT2D eigenvalue weighted by Gasteiger charge is -2.24. The van der Waals surface area contributed by atoms with Crippen LogP contribution in [0.25, 0.3) is 0 Å². The van der Waals surface area contributed by atoms with Gasteiger partial charge in [-0.25, -0.2) is 0 Å². The van der Waals surface area contributed by atoms with Crippen LogP contribution in [0.1, 0.15) is 47.5 Å². The van der Waals surface area contributed by atoms with Crippen LogP contribution in [0.2, 0.25) is 0 Å². The molecule has 0 unspecified atom stereocenters. The first-order chi connectivity index (χ1) is 6.78. The molecule has 0 aliphatic rings. The fraction of sp³-hybridized carbons (Fsp3) is 0.667. The van der Waals surface area contributed by atoms with Gasteiger partial charge in [-0.3, -0.25) is 9.59 Å². The monoisotopic (exact) mass is 211 g/mol. The van der Waals surface area contributed by atoms with Crippen LogP contribution >= 0.6 is 0 Å². The first-order valence-electron chi connectivity index (χ1n) is 5.30. The smallest absolute Gasteiger partial charge is 0.292 e. The van der Waals surface area contributed by atoms with E-state index in [4.69, 9.17) is 0 Å². The van der Waals surface area contributed by atoms with Gasteiger partial charge in [-0.1, -0.05) is 18.9 Å². The van der Waals surface area contributed by atoms with E-state index in [9.17, 15) is 9.59 Å². The first kappa shape index (κ1) is 13.9. The SMILES string of the molecule is CCCC(C)(C)NC(=O)C(=O)C=C(C)C. The van der Waals surface area contributed by atoms with E-state index >= 15 is 0 Å². The second kappa shape index (κ2) is 5.69. The Morgan fingerprint density at radius 3 is 2.20 bits per heavy atom. The van der Waals surface area contributed by atoms with Gasteiger partial charge < -0.3 is 5.32 Å². The van der Waals surface area contributed by atoms with Crippen LogP contribution in [0, 0.1) is 0 Å². The van der Waals surface area contributed by atoms with Crippen LogP contribution in [0.5, 0.6) is 0 Å². The molecule has 0 aliphatic carbocycles. The van der Waals surface area contributed by atoms with Gasteiger partial charge in [0.25, 0.3) is 5.91 Å². The number of allylic oxidation sites excluding steroid dienone is 1. The predicted molar refractivity (Wildman–Crippen MR) is 61.6 cm³/mol. The van der Waals surface area contributed by atoms with E-state index in [1.165, 1.54) is 6.08 Å². The third-order valence-corrected chi connectivity index (χ3v) is 1.97. The number of nitrogens with one attached hydrogen (secondary N) is 1. The third-order valence-electron chi connectivity index (χ3n) is 1.97. The molecule has 3 nitrogen and oxygen atoms in total. The van der Waals surface area contributed by atoms with E-state index in [2.05, 4.69) is 5.32 Å². The zero-order valence-corrected chi connectivity index (χ0v) is 10.3. The van der Waals surface area contributed by atoms with Gasteiger partial charge in [0, 0.05) is 5.54 Å². The number of ketones is 1. The van der Waals surface area contributed by atoms with E-state index in [1.807, 2.05) is 20.8 Å². The van der Waals surface area contributed by atoms with Crippen molar-refractivity contribution in [2.24, 2.45) is 0 Å². The Morgan fingerprint density at radius 2 is 1.80 bits per heavy atom. The Hall–Kier alpha value is -1.12. The second-order valence-electron chi connectivity index (χ2n) is 4.67. The van der Waals surface area contributed by atoms with Crippen LogP contribution in [-0.2, 0) is 9.59 Å². The van der Waals surface area contributed by atoms with Crippen LogP contribution in [0.3, 0.4) is 0 Å². The van der Waals surface area contributed by atoms with Gasteiger partial charge in [-0.15, -0.1) is 0 Å². The zero-order chi connectivity index (χ0) is 12.1. The molecule has 0 fully saturated rings. The van der Waals surface area contributed by atoms with Gasteiger partial charge in [0.1, 0.15) is 0 Å². The molecular formula is C12H21NO2. The molecule has 0 saturated carbocycles. The van der Waals surface area contributed by atoms with Gasteiger partial charge in [0.15, 0.2) is 0 Å². The molecular weight excluding hydrogens is 190 g/mol. The molecule has 1 N–H and O–H groups in total. The molecule has 0 aliphatic heterocycles. The number of rotatable bonds is 5. The summed E-state index contributed by atoms with van der Waals surface area (Å²) in [5, 5.41) is 2.73. The molecule has 3 heteroatoms. The maximum absolute atomic E-state index is 11.5. The van der Waals surface area contributed by atoms with Crippen molar-refractivity contribution in [1.82, 2.24) is 5.32 Å². The molecule has 0 rings (SSSR count). The van der Waals surface area contributed by atoms with Crippen molar-refractivity contribution >= 4 is 11.7 Å². The molecule has 86 valence electrons. The molecule has 15 heavy (non-hydrogen) atoms. The van der Waals surface area contributed by atoms with Gasteiger partial charge in [-0.2, -0.15) is 0 Å². The number of carbonyl (C=O) groups is 2. The normalized spacial score (nSPS) is 10.7. The second-order valence-corrected chi connectivity index (χ2v) is 4.67. The van der Waals surface area contributed by atoms with Crippen molar-refractivity contribution < 1.29 is 9.59 Å². The number of hydrogen-bond donors (Lipinski definition) is 1. The van der Waals surface area contributed by atoms with E-state index in [1.54, 1.807) is 13.8 Å². The van der Waals surface area contributed by atoms with Crippen molar-refractivity contribution in [2.45, 2.75) is 53.0 Å². The summed E-state index contributed by atoms with van der Waals surface area (Å²) in [5.41, 5.74) is 0.528. The number of carbonyl (C=O) groups excluding carboxylic acids is 2. The Bertz CT molecular complexity index is 273. The van der Waals surface area contributed by atoms with Gasteiger partial charge >= 0.3 is 0 Å². The number of amides is 1. The summed E-state index contributed by atoms with van der Waals surface area (Å²) in [6, 6.07) is 0. The van der Waals surface area contributed by atoms with Crippen molar-refractivity contribution in [1.29, 1.82) is 0 Å². The molecule has 0 aromatic heterocycles. The summed E-state index contributed by atoms with van der Waals surface area (Å²) in [6.07, 6.45) is 3.20. The summed E-state index contributed by atoms with van der Waals surface area (Å²) in [4.78, 5) is 22.8. The highest BCUT2D eigenvalue weighted by molar-refractivity contribution is 6.40. The summed E-state index contributed by atoms with van der Waals surface area (Å²) >= 11 is 0. The molecule has 0 spiro atoms. The highest BCUT2D eigenvalue weighted by Gasteiger charge is 2.22. The van der Waals surface area contributed by atoms with Crippen molar-refractivity contribution in [3.63, 3.8) is 0 Å². The van der Waals surface area contributed by atoms with Crippen LogP contribution in [0.15, 0.2) is 11.6 Å². The molecule has 0 aromatic carbocycles. The summed E-state index contributed by atoms with van der Waals surface area (Å²) < 4.78 is 0. The van der Waals surface area contributed by atoms with Crippen molar-refractivity contribution in [3.8, 4) is 0 Å². The standard InChI is InChI=1S/C12H21NO2/c1-6-7-12(4,5)13-11(15)10(14)8-9(2)3/h8H,6-7H2,1-5H3,(H,13,15). The lowest BCUT2D eigenvalue weighted by Crippen LogP contribution is -2.46. The summed E-state index contributed by atoms with van der Waals surface area (Å²) in [6.45, 7) is 9.48. The lowest BCUT2D eigenvalue weighted by molar-refractivity contribution is -0.136. The van der Waals surface area contributed by atoms with E-state index in [-0.39, 0.29) is 5.54 Å². The maximum Gasteiger partial charge on any atom is 0.292 e. The highest BCUT2D eigenvalue weighted by Crippen LogP contribution is 2.10. The Balaban J connectivity index is 4.37. The topological polar surface area (TPSA) is 46.2 Å². The molecule has 0 bridgehead atoms. The molecule has 0 atom stereocenters. The Kier molecular flexibility index (Phi) is 5.26. The Morgan fingerprint density at radius 1 is 1.27 bits per heavy atom. The van der Waals surface area contributed by atoms with Gasteiger partial charge in [0.2, 0.25) is 5.78 Å². The van der Waals surface area contributed by atoms with Crippen LogP contribution in [0.4, 0.5) is 0 Å². The molecule has 0 aromatic rings. The fourth-order valence-electron chi connectivity index (χ4n) is 1.38. The third kappa shape index (κ3) is 6.05. The molecule has 0 saturated heterocycles. The molecule has 1 amide bonds. The average molecular weight is 211 g/mol. The largest absolute Gasteiger partial charge is 0.344 e.